The van der Waals surface area contributed by atoms with E-state index < -0.39 is 5.79 Å². The van der Waals surface area contributed by atoms with Gasteiger partial charge < -0.3 is 18.9 Å². The summed E-state index contributed by atoms with van der Waals surface area (Å²) in [6.45, 7) is 6.62. The molecule has 0 unspecified atom stereocenters. The van der Waals surface area contributed by atoms with Crippen molar-refractivity contribution in [1.29, 1.82) is 0 Å². The van der Waals surface area contributed by atoms with Crippen molar-refractivity contribution in [3.05, 3.63) is 23.3 Å². The van der Waals surface area contributed by atoms with E-state index in [1.165, 1.54) is 24.1 Å². The minimum absolute atomic E-state index is 0.140. The van der Waals surface area contributed by atoms with E-state index in [0.717, 1.165) is 24.5 Å². The molecule has 3 fully saturated rings. The number of fused-ring (bicyclic) bond motifs is 5. The fourth-order valence-electron chi connectivity index (χ4n) is 5.78. The molecular weight excluding hydrogens is 306 g/mol. The van der Waals surface area contributed by atoms with Crippen molar-refractivity contribution < 1.29 is 18.9 Å². The van der Waals surface area contributed by atoms with Crippen LogP contribution in [0, 0.1) is 5.92 Å². The third-order valence-corrected chi connectivity index (χ3v) is 6.54. The molecule has 0 amide bonds. The number of hydrogen-bond donors (Lipinski definition) is 0. The zero-order chi connectivity index (χ0) is 16.1. The van der Waals surface area contributed by atoms with Gasteiger partial charge in [-0.3, -0.25) is 4.90 Å². The van der Waals surface area contributed by atoms with Gasteiger partial charge in [0.05, 0.1) is 12.2 Å². The van der Waals surface area contributed by atoms with Crippen LogP contribution in [0.3, 0.4) is 0 Å². The Bertz CT molecular complexity index is 718. The standard InChI is InChI=1S/C19H23NO4/c1-19(2)23-15-5-10-3-4-20-8-11-6-13-14(22-9-21-13)7-12(11)16(17(10)20)18(15)24-19/h6-7,10,15-18H,3-5,8-9H2,1-2H3/t10-,15+,16+,17-,18+/m1/s1. The van der Waals surface area contributed by atoms with Crippen LogP contribution in [-0.2, 0) is 16.0 Å². The van der Waals surface area contributed by atoms with Crippen molar-refractivity contribution in [3.8, 4) is 11.5 Å². The van der Waals surface area contributed by atoms with Crippen molar-refractivity contribution in [2.24, 2.45) is 5.92 Å². The number of rotatable bonds is 0. The predicted molar refractivity (Wildman–Crippen MR) is 86.1 cm³/mol. The number of nitrogens with zero attached hydrogens (tertiary/aromatic N) is 1. The van der Waals surface area contributed by atoms with Gasteiger partial charge in [0, 0.05) is 18.5 Å². The van der Waals surface area contributed by atoms with Crippen LogP contribution < -0.4 is 9.47 Å². The number of hydrogen-bond acceptors (Lipinski definition) is 5. The fraction of sp³-hybridized carbons (Fsp3) is 0.684. The van der Waals surface area contributed by atoms with Crippen LogP contribution in [-0.4, -0.2) is 42.3 Å². The Balaban J connectivity index is 1.50. The first-order chi connectivity index (χ1) is 11.6. The summed E-state index contributed by atoms with van der Waals surface area (Å²) in [6.07, 6.45) is 2.75. The molecule has 128 valence electrons. The molecule has 4 aliphatic heterocycles. The van der Waals surface area contributed by atoms with Gasteiger partial charge >= 0.3 is 0 Å². The van der Waals surface area contributed by atoms with Crippen LogP contribution >= 0.6 is 0 Å². The zero-order valence-corrected chi connectivity index (χ0v) is 14.2. The van der Waals surface area contributed by atoms with Gasteiger partial charge in [-0.2, -0.15) is 0 Å². The van der Waals surface area contributed by atoms with E-state index in [4.69, 9.17) is 18.9 Å². The van der Waals surface area contributed by atoms with Crippen LogP contribution in [0.25, 0.3) is 0 Å². The SMILES string of the molecule is CC1(C)O[C@@H]2[C@H]3c4cc5c(cc4CN4CC[C@H](C[C@@H]2O1)[C@H]34)OCO5. The van der Waals surface area contributed by atoms with Gasteiger partial charge in [0.2, 0.25) is 6.79 Å². The van der Waals surface area contributed by atoms with E-state index in [2.05, 4.69) is 17.0 Å². The summed E-state index contributed by atoms with van der Waals surface area (Å²) in [5.41, 5.74) is 2.76. The Kier molecular flexibility index (Phi) is 2.58. The summed E-state index contributed by atoms with van der Waals surface area (Å²) in [7, 11) is 0. The lowest BCUT2D eigenvalue weighted by atomic mass is 9.68. The van der Waals surface area contributed by atoms with Crippen molar-refractivity contribution in [2.45, 2.75) is 63.2 Å². The molecule has 5 atom stereocenters. The van der Waals surface area contributed by atoms with Crippen molar-refractivity contribution >= 4 is 0 Å². The minimum atomic E-state index is -0.479. The van der Waals surface area contributed by atoms with E-state index in [1.54, 1.807) is 0 Å². The smallest absolute Gasteiger partial charge is 0.231 e. The van der Waals surface area contributed by atoms with Gasteiger partial charge in [0.25, 0.3) is 0 Å². The van der Waals surface area contributed by atoms with Crippen LogP contribution in [0.4, 0.5) is 0 Å². The Labute approximate surface area is 141 Å². The number of ether oxygens (including phenoxy) is 4. The van der Waals surface area contributed by atoms with E-state index in [9.17, 15) is 0 Å². The van der Waals surface area contributed by atoms with Gasteiger partial charge in [-0.25, -0.2) is 0 Å². The largest absolute Gasteiger partial charge is 0.454 e. The Hall–Kier alpha value is -1.30. The van der Waals surface area contributed by atoms with Crippen molar-refractivity contribution in [3.63, 3.8) is 0 Å². The monoisotopic (exact) mass is 329 g/mol. The fourth-order valence-corrected chi connectivity index (χ4v) is 5.78. The highest BCUT2D eigenvalue weighted by Crippen LogP contribution is 2.55. The lowest BCUT2D eigenvalue weighted by Crippen LogP contribution is -2.52. The van der Waals surface area contributed by atoms with E-state index in [-0.39, 0.29) is 12.2 Å². The van der Waals surface area contributed by atoms with Crippen LogP contribution in [0.15, 0.2) is 12.1 Å². The summed E-state index contributed by atoms with van der Waals surface area (Å²) in [5.74, 6) is 2.38. The summed E-state index contributed by atoms with van der Waals surface area (Å²) in [5, 5.41) is 0. The first kappa shape index (κ1) is 13.9. The maximum Gasteiger partial charge on any atom is 0.231 e. The highest BCUT2D eigenvalue weighted by molar-refractivity contribution is 5.52. The molecule has 1 aromatic rings. The highest BCUT2D eigenvalue weighted by atomic mass is 16.8. The zero-order valence-electron chi connectivity index (χ0n) is 14.2. The lowest BCUT2D eigenvalue weighted by Gasteiger charge is -2.47. The van der Waals surface area contributed by atoms with Gasteiger partial charge in [-0.05, 0) is 62.4 Å². The molecule has 5 nitrogen and oxygen atoms in total. The van der Waals surface area contributed by atoms with Crippen LogP contribution in [0.1, 0.15) is 43.7 Å². The van der Waals surface area contributed by atoms with Gasteiger partial charge in [0.15, 0.2) is 17.3 Å². The maximum absolute atomic E-state index is 6.40. The summed E-state index contributed by atoms with van der Waals surface area (Å²) in [4.78, 5) is 2.66. The summed E-state index contributed by atoms with van der Waals surface area (Å²) in [6, 6.07) is 4.98. The molecule has 24 heavy (non-hydrogen) atoms. The van der Waals surface area contributed by atoms with E-state index >= 15 is 0 Å². The normalized spacial score (nSPS) is 41.0. The molecule has 0 aromatic heterocycles. The maximum atomic E-state index is 6.40. The molecule has 1 aliphatic carbocycles. The van der Waals surface area contributed by atoms with Gasteiger partial charge in [-0.1, -0.05) is 0 Å². The topological polar surface area (TPSA) is 40.2 Å². The summed E-state index contributed by atoms with van der Waals surface area (Å²) < 4.78 is 23.9. The molecule has 4 heterocycles. The second kappa shape index (κ2) is 4.45. The molecule has 1 aromatic carbocycles. The second-order valence-electron chi connectivity index (χ2n) is 8.31. The van der Waals surface area contributed by atoms with E-state index in [0.29, 0.717) is 24.7 Å². The van der Waals surface area contributed by atoms with Crippen molar-refractivity contribution in [2.75, 3.05) is 13.3 Å². The second-order valence-corrected chi connectivity index (χ2v) is 8.31. The third-order valence-electron chi connectivity index (χ3n) is 6.54. The predicted octanol–water partition coefficient (Wildman–Crippen LogP) is 2.63. The van der Waals surface area contributed by atoms with Gasteiger partial charge in [0.1, 0.15) is 0 Å². The molecular formula is C19H23NO4. The molecule has 5 aliphatic rings. The molecule has 2 saturated heterocycles. The van der Waals surface area contributed by atoms with Crippen molar-refractivity contribution in [1.82, 2.24) is 4.90 Å². The quantitative estimate of drug-likeness (QED) is 0.732. The highest BCUT2D eigenvalue weighted by Gasteiger charge is 2.58. The molecule has 5 heteroatoms. The van der Waals surface area contributed by atoms with Crippen LogP contribution in [0.2, 0.25) is 0 Å². The molecule has 0 radical (unpaired) electrons. The molecule has 0 spiro atoms. The van der Waals surface area contributed by atoms with Crippen LogP contribution in [0.5, 0.6) is 11.5 Å². The molecule has 1 saturated carbocycles. The Morgan fingerprint density at radius 1 is 1.12 bits per heavy atom. The molecule has 0 bridgehead atoms. The van der Waals surface area contributed by atoms with Gasteiger partial charge in [-0.15, -0.1) is 0 Å². The average Bonchev–Trinajstić information content (AvgIpc) is 3.21. The first-order valence-corrected chi connectivity index (χ1v) is 9.11. The lowest BCUT2D eigenvalue weighted by molar-refractivity contribution is -0.147. The first-order valence-electron chi connectivity index (χ1n) is 9.11. The summed E-state index contributed by atoms with van der Waals surface area (Å²) >= 11 is 0. The number of benzene rings is 1. The minimum Gasteiger partial charge on any atom is -0.454 e. The Morgan fingerprint density at radius 2 is 1.96 bits per heavy atom. The Morgan fingerprint density at radius 3 is 2.83 bits per heavy atom. The molecule has 6 rings (SSSR count). The van der Waals surface area contributed by atoms with E-state index in [1.807, 2.05) is 13.8 Å². The molecule has 0 N–H and O–H groups in total. The average molecular weight is 329 g/mol. The third kappa shape index (κ3) is 1.75.